The van der Waals surface area contributed by atoms with E-state index in [2.05, 4.69) is 6.92 Å². The van der Waals surface area contributed by atoms with Crippen LogP contribution >= 0.6 is 17.0 Å². The van der Waals surface area contributed by atoms with Gasteiger partial charge in [0, 0.05) is 0 Å². The molecular weight excluding hydrogens is 142 g/mol. The van der Waals surface area contributed by atoms with Crippen LogP contribution in [0.2, 0.25) is 0 Å². The van der Waals surface area contributed by atoms with Crippen LogP contribution in [0.5, 0.6) is 0 Å². The summed E-state index contributed by atoms with van der Waals surface area (Å²) in [6.07, 6.45) is 0. The van der Waals surface area contributed by atoms with Gasteiger partial charge in [-0.3, -0.25) is 0 Å². The Hall–Kier alpha value is 0.440. The molecule has 0 amide bonds. The molecule has 39 valence electrons. The van der Waals surface area contributed by atoms with Gasteiger partial charge >= 0.3 is 0 Å². The lowest BCUT2D eigenvalue weighted by molar-refractivity contribution is 0.455. The molecule has 0 aliphatic carbocycles. The van der Waals surface area contributed by atoms with Crippen molar-refractivity contribution >= 4 is 17.0 Å². The van der Waals surface area contributed by atoms with Gasteiger partial charge in [-0.15, -0.1) is 17.0 Å². The van der Waals surface area contributed by atoms with Crippen LogP contribution in [0.15, 0.2) is 0 Å². The minimum atomic E-state index is 0. The third-order valence-electron chi connectivity index (χ3n) is 0.447. The van der Waals surface area contributed by atoms with Crippen molar-refractivity contribution in [2.45, 2.75) is 0 Å². The number of rotatable bonds is 1. The van der Waals surface area contributed by atoms with Crippen molar-refractivity contribution in [2.24, 2.45) is 0 Å². The fourth-order valence-electron chi connectivity index (χ4n) is 0. The highest BCUT2D eigenvalue weighted by molar-refractivity contribution is 8.93. The van der Waals surface area contributed by atoms with Crippen LogP contribution in [0.25, 0.3) is 0 Å². The van der Waals surface area contributed by atoms with Crippen molar-refractivity contribution in [3.8, 4) is 0 Å². The Morgan fingerprint density at radius 2 is 1.67 bits per heavy atom. The molecule has 0 aromatic carbocycles. The van der Waals surface area contributed by atoms with Gasteiger partial charge in [0.2, 0.25) is 0 Å². The normalized spacial score (nSPS) is 8.00. The summed E-state index contributed by atoms with van der Waals surface area (Å²) in [5.41, 5.74) is 0. The van der Waals surface area contributed by atoms with Gasteiger partial charge in [0.15, 0.2) is 0 Å². The number of halogens is 1. The maximum Gasteiger partial charge on any atom is -0.00244 e. The Labute approximate surface area is 50.1 Å². The fourth-order valence-corrected chi connectivity index (χ4v) is 0. The van der Waals surface area contributed by atoms with E-state index in [0.29, 0.717) is 0 Å². The second kappa shape index (κ2) is 5.44. The van der Waals surface area contributed by atoms with Crippen LogP contribution in [0.3, 0.4) is 0 Å². The summed E-state index contributed by atoms with van der Waals surface area (Å²) >= 11 is 0. The molecule has 1 nitrogen and oxygen atoms in total. The van der Waals surface area contributed by atoms with Gasteiger partial charge in [0.25, 0.3) is 0 Å². The van der Waals surface area contributed by atoms with Crippen molar-refractivity contribution in [3.05, 3.63) is 6.92 Å². The Kier molecular flexibility index (Phi) is 8.77. The third kappa shape index (κ3) is 8.83. The Morgan fingerprint density at radius 3 is 1.67 bits per heavy atom. The minimum Gasteiger partial charge on any atom is -0.309 e. The third-order valence-corrected chi connectivity index (χ3v) is 0.447. The molecule has 0 aromatic rings. The van der Waals surface area contributed by atoms with E-state index in [1.54, 1.807) is 0 Å². The Balaban J connectivity index is 0. The van der Waals surface area contributed by atoms with Gasteiger partial charge in [-0.1, -0.05) is 0 Å². The molecule has 0 fully saturated rings. The van der Waals surface area contributed by atoms with Crippen LogP contribution in [0, 0.1) is 6.92 Å². The molecule has 0 heterocycles. The molecule has 2 heteroatoms. The van der Waals surface area contributed by atoms with E-state index in [1.165, 1.54) is 0 Å². The molecule has 0 atom stereocenters. The van der Waals surface area contributed by atoms with E-state index < -0.39 is 0 Å². The highest BCUT2D eigenvalue weighted by Gasteiger charge is 1.72. The molecule has 0 spiro atoms. The van der Waals surface area contributed by atoms with E-state index in [-0.39, 0.29) is 17.0 Å². The summed E-state index contributed by atoms with van der Waals surface area (Å²) < 4.78 is 0. The lowest BCUT2D eigenvalue weighted by atomic mass is 10.7. The first kappa shape index (κ1) is 9.67. The van der Waals surface area contributed by atoms with Crippen LogP contribution in [-0.4, -0.2) is 25.5 Å². The summed E-state index contributed by atoms with van der Waals surface area (Å²) in [4.78, 5) is 2.01. The van der Waals surface area contributed by atoms with Crippen molar-refractivity contribution in [2.75, 3.05) is 20.6 Å². The van der Waals surface area contributed by atoms with E-state index in [9.17, 15) is 0 Å². The van der Waals surface area contributed by atoms with Crippen molar-refractivity contribution in [1.82, 2.24) is 4.90 Å². The van der Waals surface area contributed by atoms with Gasteiger partial charge < -0.3 is 4.90 Å². The van der Waals surface area contributed by atoms with E-state index in [4.69, 9.17) is 0 Å². The molecule has 0 unspecified atom stereocenters. The van der Waals surface area contributed by atoms with E-state index >= 15 is 0 Å². The molecule has 0 bridgehead atoms. The monoisotopic (exact) mass is 152 g/mol. The van der Waals surface area contributed by atoms with Crippen molar-refractivity contribution in [3.63, 3.8) is 0 Å². The zero-order chi connectivity index (χ0) is 4.28. The molecule has 0 rings (SSSR count). The van der Waals surface area contributed by atoms with Gasteiger partial charge in [-0.2, -0.15) is 0 Å². The molecule has 0 aromatic heterocycles. The molecule has 6 heavy (non-hydrogen) atoms. The van der Waals surface area contributed by atoms with Gasteiger partial charge in [-0.25, -0.2) is 0 Å². The number of hydrogen-bond acceptors (Lipinski definition) is 1. The molecule has 1 radical (unpaired) electrons. The van der Waals surface area contributed by atoms with E-state index in [0.717, 1.165) is 6.54 Å². The topological polar surface area (TPSA) is 3.24 Å². The largest absolute Gasteiger partial charge is 0.309 e. The van der Waals surface area contributed by atoms with Crippen molar-refractivity contribution in [1.29, 1.82) is 0 Å². The highest BCUT2D eigenvalue weighted by atomic mass is 79.9. The van der Waals surface area contributed by atoms with Crippen LogP contribution in [0.1, 0.15) is 0 Å². The summed E-state index contributed by atoms with van der Waals surface area (Å²) in [6.45, 7) is 4.50. The maximum absolute atomic E-state index is 3.61. The highest BCUT2D eigenvalue weighted by Crippen LogP contribution is 1.63. The summed E-state index contributed by atoms with van der Waals surface area (Å²) in [5.74, 6) is 0. The van der Waals surface area contributed by atoms with Crippen LogP contribution in [-0.2, 0) is 0 Å². The second-order valence-electron chi connectivity index (χ2n) is 1.30. The predicted octanol–water partition coefficient (Wildman–Crippen LogP) is 0.960. The molecule has 0 aliphatic rings. The van der Waals surface area contributed by atoms with Crippen molar-refractivity contribution < 1.29 is 0 Å². The Morgan fingerprint density at radius 1 is 1.50 bits per heavy atom. The van der Waals surface area contributed by atoms with Crippen LogP contribution in [0.4, 0.5) is 0 Å². The smallest absolute Gasteiger partial charge is 0.00244 e. The van der Waals surface area contributed by atoms with Gasteiger partial charge in [0.05, 0.1) is 0 Å². The fraction of sp³-hybridized carbons (Fsp3) is 0.750. The first-order chi connectivity index (χ1) is 2.27. The van der Waals surface area contributed by atoms with Crippen LogP contribution < -0.4 is 0 Å². The van der Waals surface area contributed by atoms with E-state index in [1.807, 2.05) is 19.0 Å². The molecule has 0 N–H and O–H groups in total. The quantitative estimate of drug-likeness (QED) is 0.542. The SMILES string of the molecule is Br.[CH2]CN(C)C. The van der Waals surface area contributed by atoms with Gasteiger partial charge in [0.1, 0.15) is 0 Å². The average molecular weight is 153 g/mol. The Bertz CT molecular complexity index is 21.5. The summed E-state index contributed by atoms with van der Waals surface area (Å²) in [5, 5.41) is 0. The zero-order valence-corrected chi connectivity index (χ0v) is 5.98. The standard InChI is InChI=1S/C4H10N.BrH/c1-4-5(2)3;/h1,4H2,2-3H3;1H. The first-order valence-corrected chi connectivity index (χ1v) is 1.71. The lowest BCUT2D eigenvalue weighted by Gasteiger charge is -1.99. The number of hydrogen-bond donors (Lipinski definition) is 0. The molecule has 0 saturated carbocycles. The minimum absolute atomic E-state index is 0. The molecular formula is C4H11BrN. The molecule has 0 saturated heterocycles. The zero-order valence-electron chi connectivity index (χ0n) is 4.27. The first-order valence-electron chi connectivity index (χ1n) is 1.71. The molecule has 0 aliphatic heterocycles. The predicted molar refractivity (Wildman–Crippen MR) is 34.2 cm³/mol. The van der Waals surface area contributed by atoms with Gasteiger partial charge in [-0.05, 0) is 27.6 Å². The number of nitrogens with zero attached hydrogens (tertiary/aromatic N) is 1. The second-order valence-corrected chi connectivity index (χ2v) is 1.30. The summed E-state index contributed by atoms with van der Waals surface area (Å²) in [7, 11) is 3.99. The average Bonchev–Trinajstić information content (AvgIpc) is 1.38. The lowest BCUT2D eigenvalue weighted by Crippen LogP contribution is -2.08. The maximum atomic E-state index is 3.61. The summed E-state index contributed by atoms with van der Waals surface area (Å²) in [6, 6.07) is 0.